The zero-order valence-corrected chi connectivity index (χ0v) is 39.7. The van der Waals surface area contributed by atoms with Gasteiger partial charge in [0, 0.05) is 48.8 Å². The van der Waals surface area contributed by atoms with Crippen molar-refractivity contribution < 1.29 is 48.5 Å². The van der Waals surface area contributed by atoms with E-state index in [4.69, 9.17) is 40.5 Å². The van der Waals surface area contributed by atoms with E-state index < -0.39 is 28.8 Å². The minimum atomic E-state index is -1.59. The molecule has 2 aliphatic carbocycles. The van der Waals surface area contributed by atoms with E-state index in [-0.39, 0.29) is 75.3 Å². The molecule has 1 fully saturated rings. The Morgan fingerprint density at radius 2 is 1.70 bits per heavy atom. The lowest BCUT2D eigenvalue weighted by molar-refractivity contribution is -0.384. The molecule has 1 saturated carbocycles. The highest BCUT2D eigenvalue weighted by atomic mass is 35.5. The molecule has 1 heterocycles. The topological polar surface area (TPSA) is 179 Å². The normalized spacial score (nSPS) is 21.7. The van der Waals surface area contributed by atoms with Gasteiger partial charge in [-0.15, -0.1) is 18.2 Å². The number of unbranched alkanes of at least 4 members (excludes halogenated alkanes) is 2. The summed E-state index contributed by atoms with van der Waals surface area (Å²) < 4.78 is 27.0. The Hall–Kier alpha value is -6.58. The van der Waals surface area contributed by atoms with Crippen molar-refractivity contribution in [2.45, 2.75) is 75.8 Å². The summed E-state index contributed by atoms with van der Waals surface area (Å²) in [4.78, 5) is 45.5. The molecule has 70 heavy (non-hydrogen) atoms. The number of aliphatic hydroxyl groups excluding tert-OH is 2. The molecular formula is C55H58ClN3O11. The molecule has 1 aliphatic heterocycles. The number of ether oxygens (including phenoxy) is 4. The fourth-order valence-electron chi connectivity index (χ4n) is 10.5. The molecule has 5 aromatic rings. The van der Waals surface area contributed by atoms with Gasteiger partial charge in [0.2, 0.25) is 5.79 Å². The van der Waals surface area contributed by atoms with Gasteiger partial charge in [0.1, 0.15) is 42.8 Å². The molecular weight excluding hydrogens is 914 g/mol. The second-order valence-corrected chi connectivity index (χ2v) is 18.2. The van der Waals surface area contributed by atoms with Crippen LogP contribution in [0.3, 0.4) is 0 Å². The summed E-state index contributed by atoms with van der Waals surface area (Å²) >= 11 is 6.18. The molecule has 0 saturated heterocycles. The molecule has 0 bridgehead atoms. The molecule has 6 atom stereocenters. The Morgan fingerprint density at radius 1 is 0.943 bits per heavy atom. The predicted octanol–water partition coefficient (Wildman–Crippen LogP) is 11.1. The van der Waals surface area contributed by atoms with Crippen molar-refractivity contribution in [2.75, 3.05) is 32.3 Å². The number of aliphatic hydroxyl groups is 2. The fourth-order valence-corrected chi connectivity index (χ4v) is 10.6. The van der Waals surface area contributed by atoms with Gasteiger partial charge in [-0.1, -0.05) is 84.7 Å². The predicted molar refractivity (Wildman–Crippen MR) is 266 cm³/mol. The van der Waals surface area contributed by atoms with Crippen LogP contribution in [0.4, 0.5) is 10.5 Å². The lowest BCUT2D eigenvalue weighted by Crippen LogP contribution is -2.70. The van der Waals surface area contributed by atoms with Gasteiger partial charge in [-0.05, 0) is 107 Å². The number of nitrogens with zero attached hydrogens (tertiary/aromatic N) is 3. The molecule has 0 spiro atoms. The first kappa shape index (κ1) is 49.8. The third-order valence-corrected chi connectivity index (χ3v) is 13.7. The van der Waals surface area contributed by atoms with Gasteiger partial charge >= 0.3 is 6.09 Å². The fraction of sp³-hybridized carbons (Fsp3) is 0.364. The maximum atomic E-state index is 14.9. The number of carbonyl (C=O) groups excluding carboxylic acids is 2. The molecule has 366 valence electrons. The van der Waals surface area contributed by atoms with Crippen LogP contribution in [-0.4, -0.2) is 82.3 Å². The number of allylic oxidation sites excluding steroid dienone is 1. The summed E-state index contributed by atoms with van der Waals surface area (Å²) in [6, 6.07) is 31.7. The molecule has 6 unspecified atom stereocenters. The monoisotopic (exact) mass is 971 g/mol. The minimum Gasteiger partial charge on any atom is -0.459 e. The summed E-state index contributed by atoms with van der Waals surface area (Å²) in [5.74, 6) is -1.12. The van der Waals surface area contributed by atoms with Gasteiger partial charge < -0.3 is 34.0 Å². The van der Waals surface area contributed by atoms with Crippen LogP contribution >= 0.6 is 11.6 Å². The molecule has 8 rings (SSSR count). The molecule has 3 aliphatic rings. The number of oxime groups is 1. The van der Waals surface area contributed by atoms with Crippen molar-refractivity contribution in [2.24, 2.45) is 22.9 Å². The molecule has 15 heteroatoms. The largest absolute Gasteiger partial charge is 0.459 e. The van der Waals surface area contributed by atoms with E-state index in [0.29, 0.717) is 53.3 Å². The van der Waals surface area contributed by atoms with E-state index in [1.54, 1.807) is 47.4 Å². The quantitative estimate of drug-likeness (QED) is 0.0159. The zero-order valence-electron chi connectivity index (χ0n) is 38.9. The number of nitro benzene ring substituents is 1. The lowest BCUT2D eigenvalue weighted by atomic mass is 9.55. The van der Waals surface area contributed by atoms with E-state index in [1.165, 1.54) is 12.1 Å². The number of fused-ring (bicyclic) bond motifs is 3. The van der Waals surface area contributed by atoms with Crippen LogP contribution in [0.5, 0.6) is 17.2 Å². The number of hydrogen-bond acceptors (Lipinski definition) is 12. The maximum Gasteiger partial charge on any atom is 0.410 e. The molecule has 1 amide bonds. The van der Waals surface area contributed by atoms with E-state index in [0.717, 1.165) is 53.0 Å². The van der Waals surface area contributed by atoms with Crippen molar-refractivity contribution in [1.82, 2.24) is 4.90 Å². The van der Waals surface area contributed by atoms with E-state index in [2.05, 4.69) is 12.7 Å². The molecule has 2 N–H and O–H groups in total. The van der Waals surface area contributed by atoms with Crippen LogP contribution in [-0.2, 0) is 27.5 Å². The van der Waals surface area contributed by atoms with Crippen LogP contribution in [0.2, 0.25) is 0 Å². The number of amides is 1. The van der Waals surface area contributed by atoms with E-state index in [1.807, 2.05) is 60.7 Å². The van der Waals surface area contributed by atoms with E-state index in [9.17, 15) is 29.9 Å². The number of nitro groups is 1. The highest BCUT2D eigenvalue weighted by molar-refractivity contribution is 6.18. The maximum absolute atomic E-state index is 14.9. The molecule has 0 radical (unpaired) electrons. The van der Waals surface area contributed by atoms with Gasteiger partial charge in [0.15, 0.2) is 0 Å². The summed E-state index contributed by atoms with van der Waals surface area (Å²) in [5.41, 5.74) is 4.15. The smallest absolute Gasteiger partial charge is 0.410 e. The number of non-ortho nitro benzene ring substituents is 1. The van der Waals surface area contributed by atoms with Crippen LogP contribution in [0, 0.1) is 27.9 Å². The Kier molecular flexibility index (Phi) is 16.6. The molecule has 14 nitrogen and oxygen atoms in total. The number of benzene rings is 5. The van der Waals surface area contributed by atoms with Gasteiger partial charge in [-0.2, -0.15) is 0 Å². The minimum absolute atomic E-state index is 0.00181. The lowest BCUT2D eigenvalue weighted by Gasteiger charge is -2.59. The average molecular weight is 973 g/mol. The van der Waals surface area contributed by atoms with Crippen molar-refractivity contribution in [3.8, 4) is 17.2 Å². The first-order valence-corrected chi connectivity index (χ1v) is 24.4. The SMILES string of the molecule is C=CCOC12Oc3ccc(Oc4cccc(C=O)c4)cc3C3C(CCCCO)C(CCCCO)C=C(C(=NOCc4ccc([N+](=O)[O-])cc4)CC1N(Cc1cccc4ccccc14)C(=O)OCCCl)C32. The van der Waals surface area contributed by atoms with Crippen LogP contribution < -0.4 is 9.47 Å². The Balaban J connectivity index is 1.35. The first-order valence-electron chi connectivity index (χ1n) is 23.8. The summed E-state index contributed by atoms with van der Waals surface area (Å²) in [7, 11) is 0. The third-order valence-electron chi connectivity index (χ3n) is 13.6. The Morgan fingerprint density at radius 3 is 2.46 bits per heavy atom. The van der Waals surface area contributed by atoms with Crippen molar-refractivity contribution in [1.29, 1.82) is 0 Å². The summed E-state index contributed by atoms with van der Waals surface area (Å²) in [5, 5.41) is 38.4. The van der Waals surface area contributed by atoms with E-state index >= 15 is 0 Å². The summed E-state index contributed by atoms with van der Waals surface area (Å²) in [6.45, 7) is 4.20. The van der Waals surface area contributed by atoms with Crippen molar-refractivity contribution in [3.63, 3.8) is 0 Å². The number of alkyl halides is 1. The second-order valence-electron chi connectivity index (χ2n) is 17.8. The Labute approximate surface area is 412 Å². The number of hydrogen-bond donors (Lipinski definition) is 2. The number of aldehydes is 1. The number of rotatable bonds is 23. The first-order chi connectivity index (χ1) is 34.2. The van der Waals surface area contributed by atoms with Crippen molar-refractivity contribution >= 4 is 46.2 Å². The molecule has 5 aromatic carbocycles. The summed E-state index contributed by atoms with van der Waals surface area (Å²) in [6.07, 6.45) is 8.23. The highest BCUT2D eigenvalue weighted by Gasteiger charge is 2.65. The Bertz CT molecular complexity index is 2710. The number of carbonyl (C=O) groups is 2. The van der Waals surface area contributed by atoms with Gasteiger partial charge in [-0.25, -0.2) is 4.79 Å². The highest BCUT2D eigenvalue weighted by Crippen LogP contribution is 2.62. The zero-order chi connectivity index (χ0) is 49.0. The van der Waals surface area contributed by atoms with Crippen LogP contribution in [0.25, 0.3) is 10.8 Å². The second kappa shape index (κ2) is 23.4. The molecule has 0 aromatic heterocycles. The van der Waals surface area contributed by atoms with Gasteiger partial charge in [0.05, 0.1) is 35.6 Å². The van der Waals surface area contributed by atoms with Crippen LogP contribution in [0.1, 0.15) is 77.9 Å². The van der Waals surface area contributed by atoms with Crippen LogP contribution in [0.15, 0.2) is 139 Å². The van der Waals surface area contributed by atoms with Gasteiger partial charge in [-0.3, -0.25) is 19.8 Å². The van der Waals surface area contributed by atoms with Crippen molar-refractivity contribution in [3.05, 3.63) is 166 Å². The third kappa shape index (κ3) is 10.9. The average Bonchev–Trinajstić information content (AvgIpc) is 3.38. The van der Waals surface area contributed by atoms with Gasteiger partial charge in [0.25, 0.3) is 5.69 Å². The number of halogens is 1. The standard InChI is InChI=1S/C55H58ClN3O11/c1-2-28-67-55-51(58(54(63)66-29-25-56)34-41-15-10-14-39-12-3-4-17-45(39)41)33-49(57-68-36-37-19-21-42(22-20-37)59(64)65)47-31-40(13-5-7-26-60)46(18-6-8-27-61)52(53(47)55)48-32-44(23-24-50(48)70-55)69-43-16-9-11-38(30-43)35-62/h2-4,9-12,14-17,19-24,30-32,35,40,46,51-53,60-61H,1,5-8,13,18,25-29,33-34,36H2.